The van der Waals surface area contributed by atoms with Crippen LogP contribution in [0.1, 0.15) is 0 Å². The summed E-state index contributed by atoms with van der Waals surface area (Å²) in [5, 5.41) is 10.8. The van der Waals surface area contributed by atoms with Gasteiger partial charge in [-0.1, -0.05) is 0 Å². The fraction of sp³-hybridized carbons (Fsp3) is 0. The Kier molecular flexibility index (Phi) is 2.70. The fourth-order valence-corrected chi connectivity index (χ4v) is 1.50. The molecule has 0 bridgehead atoms. The highest BCUT2D eigenvalue weighted by molar-refractivity contribution is 5.79. The van der Waals surface area contributed by atoms with Crippen molar-refractivity contribution in [2.75, 3.05) is 5.73 Å². The van der Waals surface area contributed by atoms with E-state index in [9.17, 15) is 14.5 Å². The molecular formula is C11H8FN3O2. The van der Waals surface area contributed by atoms with Crippen molar-refractivity contribution in [3.8, 4) is 11.3 Å². The second-order valence-electron chi connectivity index (χ2n) is 3.36. The van der Waals surface area contributed by atoms with Gasteiger partial charge in [0.2, 0.25) is 0 Å². The van der Waals surface area contributed by atoms with Gasteiger partial charge in [0.1, 0.15) is 5.82 Å². The third-order valence-corrected chi connectivity index (χ3v) is 2.25. The summed E-state index contributed by atoms with van der Waals surface area (Å²) >= 11 is 0. The van der Waals surface area contributed by atoms with Crippen molar-refractivity contribution in [2.45, 2.75) is 0 Å². The predicted octanol–water partition coefficient (Wildman–Crippen LogP) is 2.38. The molecule has 2 aromatic rings. The van der Waals surface area contributed by atoms with E-state index in [0.717, 1.165) is 12.1 Å². The van der Waals surface area contributed by atoms with E-state index in [4.69, 9.17) is 5.73 Å². The third kappa shape index (κ3) is 2.05. The monoisotopic (exact) mass is 233 g/mol. The smallest absolute Gasteiger partial charge is 0.281 e. The van der Waals surface area contributed by atoms with Crippen LogP contribution in [0.3, 0.4) is 0 Å². The quantitative estimate of drug-likeness (QED) is 0.637. The zero-order valence-corrected chi connectivity index (χ0v) is 8.63. The fourth-order valence-electron chi connectivity index (χ4n) is 1.50. The molecule has 1 aromatic carbocycles. The van der Waals surface area contributed by atoms with Gasteiger partial charge in [-0.05, 0) is 24.3 Å². The predicted molar refractivity (Wildman–Crippen MR) is 60.7 cm³/mol. The second-order valence-corrected chi connectivity index (χ2v) is 3.36. The van der Waals surface area contributed by atoms with Crippen LogP contribution < -0.4 is 5.73 Å². The first kappa shape index (κ1) is 11.0. The SMILES string of the molecule is Nc1cccnc1-c1ccc(F)cc1[N+](=O)[O-]. The molecule has 2 rings (SSSR count). The molecule has 5 nitrogen and oxygen atoms in total. The number of rotatable bonds is 2. The van der Waals surface area contributed by atoms with Crippen LogP contribution in [0.15, 0.2) is 36.5 Å². The van der Waals surface area contributed by atoms with Crippen LogP contribution in [0.25, 0.3) is 11.3 Å². The standard InChI is InChI=1S/C11H8FN3O2/c12-7-3-4-8(10(6-7)15(16)17)11-9(13)2-1-5-14-11/h1-6H,13H2. The average molecular weight is 233 g/mol. The lowest BCUT2D eigenvalue weighted by Gasteiger charge is -2.05. The summed E-state index contributed by atoms with van der Waals surface area (Å²) in [6, 6.07) is 6.48. The summed E-state index contributed by atoms with van der Waals surface area (Å²) in [6.45, 7) is 0. The Bertz CT molecular complexity index is 587. The van der Waals surface area contributed by atoms with Crippen molar-refractivity contribution in [3.63, 3.8) is 0 Å². The number of pyridine rings is 1. The lowest BCUT2D eigenvalue weighted by molar-refractivity contribution is -0.384. The molecule has 6 heteroatoms. The van der Waals surface area contributed by atoms with Gasteiger partial charge >= 0.3 is 0 Å². The molecule has 0 unspecified atom stereocenters. The van der Waals surface area contributed by atoms with E-state index >= 15 is 0 Å². The molecule has 1 aromatic heterocycles. The van der Waals surface area contributed by atoms with Crippen molar-refractivity contribution in [1.82, 2.24) is 4.98 Å². The Hall–Kier alpha value is -2.50. The number of anilines is 1. The second kappa shape index (κ2) is 4.17. The number of benzene rings is 1. The van der Waals surface area contributed by atoms with Crippen molar-refractivity contribution in [3.05, 3.63) is 52.5 Å². The number of hydrogen-bond acceptors (Lipinski definition) is 4. The van der Waals surface area contributed by atoms with Crippen molar-refractivity contribution in [2.24, 2.45) is 0 Å². The van der Waals surface area contributed by atoms with Crippen molar-refractivity contribution >= 4 is 11.4 Å². The van der Waals surface area contributed by atoms with Crippen LogP contribution in [0.4, 0.5) is 15.8 Å². The minimum Gasteiger partial charge on any atom is -0.397 e. The van der Waals surface area contributed by atoms with Gasteiger partial charge in [0.15, 0.2) is 0 Å². The number of nitrogen functional groups attached to an aromatic ring is 1. The Morgan fingerprint density at radius 3 is 2.76 bits per heavy atom. The van der Waals surface area contributed by atoms with Gasteiger partial charge in [0.25, 0.3) is 5.69 Å². The van der Waals surface area contributed by atoms with E-state index in [0.29, 0.717) is 5.69 Å². The zero-order valence-electron chi connectivity index (χ0n) is 8.63. The number of nitro groups is 1. The van der Waals surface area contributed by atoms with Gasteiger partial charge in [0.05, 0.1) is 27.9 Å². The van der Waals surface area contributed by atoms with Crippen LogP contribution in [0.2, 0.25) is 0 Å². The normalized spacial score (nSPS) is 10.2. The maximum atomic E-state index is 13.0. The summed E-state index contributed by atoms with van der Waals surface area (Å²) in [4.78, 5) is 14.1. The lowest BCUT2D eigenvalue weighted by Crippen LogP contribution is -1.97. The minimum absolute atomic E-state index is 0.203. The summed E-state index contributed by atoms with van der Waals surface area (Å²) in [6.07, 6.45) is 1.47. The van der Waals surface area contributed by atoms with Crippen LogP contribution >= 0.6 is 0 Å². The Morgan fingerprint density at radius 2 is 2.12 bits per heavy atom. The maximum absolute atomic E-state index is 13.0. The molecule has 0 saturated heterocycles. The van der Waals surface area contributed by atoms with Crippen LogP contribution in [-0.4, -0.2) is 9.91 Å². The Labute approximate surface area is 95.9 Å². The van der Waals surface area contributed by atoms with E-state index in [1.54, 1.807) is 12.1 Å². The number of aromatic nitrogens is 1. The molecule has 0 aliphatic heterocycles. The molecule has 17 heavy (non-hydrogen) atoms. The van der Waals surface area contributed by atoms with Crippen LogP contribution in [0, 0.1) is 15.9 Å². The van der Waals surface area contributed by atoms with Gasteiger partial charge in [-0.25, -0.2) is 4.39 Å². The zero-order chi connectivity index (χ0) is 12.4. The van der Waals surface area contributed by atoms with Crippen molar-refractivity contribution < 1.29 is 9.31 Å². The van der Waals surface area contributed by atoms with E-state index < -0.39 is 10.7 Å². The van der Waals surface area contributed by atoms with Gasteiger partial charge < -0.3 is 5.73 Å². The number of halogens is 1. The van der Waals surface area contributed by atoms with E-state index in [-0.39, 0.29) is 16.9 Å². The molecule has 1 heterocycles. The van der Waals surface area contributed by atoms with Gasteiger partial charge in [-0.2, -0.15) is 0 Å². The van der Waals surface area contributed by atoms with E-state index in [2.05, 4.69) is 4.98 Å². The molecule has 0 spiro atoms. The molecule has 86 valence electrons. The highest BCUT2D eigenvalue weighted by Crippen LogP contribution is 2.32. The molecular weight excluding hydrogens is 225 g/mol. The molecule has 0 aliphatic rings. The molecule has 2 N–H and O–H groups in total. The molecule has 0 amide bonds. The Morgan fingerprint density at radius 1 is 1.35 bits per heavy atom. The average Bonchev–Trinajstić information content (AvgIpc) is 2.30. The van der Waals surface area contributed by atoms with Gasteiger partial charge in [-0.15, -0.1) is 0 Å². The maximum Gasteiger partial charge on any atom is 0.281 e. The topological polar surface area (TPSA) is 82.0 Å². The molecule has 0 atom stereocenters. The highest BCUT2D eigenvalue weighted by Gasteiger charge is 2.18. The van der Waals surface area contributed by atoms with Gasteiger partial charge in [0, 0.05) is 6.20 Å². The van der Waals surface area contributed by atoms with Crippen molar-refractivity contribution in [1.29, 1.82) is 0 Å². The molecule has 0 radical (unpaired) electrons. The molecule has 0 aliphatic carbocycles. The lowest BCUT2D eigenvalue weighted by atomic mass is 10.1. The first-order valence-corrected chi connectivity index (χ1v) is 4.74. The summed E-state index contributed by atoms with van der Waals surface area (Å²) in [5.41, 5.74) is 6.12. The number of nitro benzene ring substituents is 1. The molecule has 0 saturated carbocycles. The van der Waals surface area contributed by atoms with Crippen LogP contribution in [-0.2, 0) is 0 Å². The summed E-state index contributed by atoms with van der Waals surface area (Å²) < 4.78 is 13.0. The number of nitrogens with two attached hydrogens (primary N) is 1. The first-order valence-electron chi connectivity index (χ1n) is 4.74. The van der Waals surface area contributed by atoms with E-state index in [1.807, 2.05) is 0 Å². The van der Waals surface area contributed by atoms with Crippen LogP contribution in [0.5, 0.6) is 0 Å². The minimum atomic E-state index is -0.671. The summed E-state index contributed by atoms with van der Waals surface area (Å²) in [7, 11) is 0. The summed E-state index contributed by atoms with van der Waals surface area (Å²) in [5.74, 6) is -0.671. The Balaban J connectivity index is 2.68. The first-order chi connectivity index (χ1) is 8.09. The number of hydrogen-bond donors (Lipinski definition) is 1. The van der Waals surface area contributed by atoms with Gasteiger partial charge in [-0.3, -0.25) is 15.1 Å². The van der Waals surface area contributed by atoms with E-state index in [1.165, 1.54) is 12.3 Å². The largest absolute Gasteiger partial charge is 0.397 e. The third-order valence-electron chi connectivity index (χ3n) is 2.25. The number of nitrogens with zero attached hydrogens (tertiary/aromatic N) is 2. The molecule has 0 fully saturated rings. The highest BCUT2D eigenvalue weighted by atomic mass is 19.1.